The van der Waals surface area contributed by atoms with Gasteiger partial charge in [-0.05, 0) is 59.0 Å². The third-order valence-corrected chi connectivity index (χ3v) is 5.84. The van der Waals surface area contributed by atoms with Crippen molar-refractivity contribution in [1.29, 1.82) is 0 Å². The fourth-order valence-corrected chi connectivity index (χ4v) is 3.79. The Balaban J connectivity index is 2.09. The van der Waals surface area contributed by atoms with E-state index in [4.69, 9.17) is 0 Å². The number of hydrogen-bond donors (Lipinski definition) is 1. The van der Waals surface area contributed by atoms with E-state index in [0.29, 0.717) is 5.69 Å². The Morgan fingerprint density at radius 1 is 1.09 bits per heavy atom. The molecule has 1 amide bonds. The van der Waals surface area contributed by atoms with E-state index in [2.05, 4.69) is 27.9 Å². The normalized spacial score (nSPS) is 11.4. The van der Waals surface area contributed by atoms with Gasteiger partial charge in [0.2, 0.25) is 15.9 Å². The summed E-state index contributed by atoms with van der Waals surface area (Å²) in [6, 6.07) is 15.4. The third-order valence-electron chi connectivity index (χ3n) is 3.18. The number of anilines is 1. The zero-order chi connectivity index (χ0) is 16.9. The molecule has 2 aromatic rings. The summed E-state index contributed by atoms with van der Waals surface area (Å²) >= 11 is 2.17. The lowest BCUT2D eigenvalue weighted by Gasteiger charge is -2.20. The molecule has 5 nitrogen and oxygen atoms in total. The van der Waals surface area contributed by atoms with Gasteiger partial charge in [-0.1, -0.05) is 25.1 Å². The van der Waals surface area contributed by atoms with E-state index in [9.17, 15) is 13.2 Å². The molecule has 0 saturated carbocycles. The highest BCUT2D eigenvalue weighted by Crippen LogP contribution is 2.15. The van der Waals surface area contributed by atoms with E-state index < -0.39 is 10.0 Å². The van der Waals surface area contributed by atoms with Gasteiger partial charge in [-0.3, -0.25) is 4.79 Å². The molecule has 0 aliphatic rings. The maximum Gasteiger partial charge on any atom is 0.243 e. The first-order valence-electron chi connectivity index (χ1n) is 7.04. The third kappa shape index (κ3) is 4.76. The average molecular weight is 444 g/mol. The van der Waals surface area contributed by atoms with Crippen LogP contribution in [0.15, 0.2) is 59.5 Å². The largest absolute Gasteiger partial charge is 0.325 e. The van der Waals surface area contributed by atoms with Gasteiger partial charge in [-0.15, -0.1) is 0 Å². The number of rotatable bonds is 6. The molecular weight excluding hydrogens is 427 g/mol. The number of nitrogens with one attached hydrogen (secondary N) is 1. The summed E-state index contributed by atoms with van der Waals surface area (Å²) in [4.78, 5) is 12.3. The fraction of sp³-hybridized carbons (Fsp3) is 0.188. The standard InChI is InChI=1S/C16H17IN2O3S/c1-2-19(23(21,22)15-6-4-3-5-7-15)12-16(20)18-14-10-8-13(17)9-11-14/h3-11H,2,12H2,1H3,(H,18,20). The quantitative estimate of drug-likeness (QED) is 0.697. The molecule has 0 radical (unpaired) electrons. The van der Waals surface area contributed by atoms with Crippen molar-refractivity contribution < 1.29 is 13.2 Å². The Kier molecular flexibility index (Phi) is 6.14. The van der Waals surface area contributed by atoms with Crippen molar-refractivity contribution in [3.63, 3.8) is 0 Å². The first-order valence-corrected chi connectivity index (χ1v) is 9.56. The molecule has 0 aromatic heterocycles. The molecule has 0 atom stereocenters. The second-order valence-electron chi connectivity index (χ2n) is 4.80. The maximum absolute atomic E-state index is 12.5. The van der Waals surface area contributed by atoms with Crippen molar-refractivity contribution in [3.05, 3.63) is 58.2 Å². The van der Waals surface area contributed by atoms with E-state index in [1.807, 2.05) is 12.1 Å². The van der Waals surface area contributed by atoms with E-state index in [0.717, 1.165) is 7.88 Å². The van der Waals surface area contributed by atoms with Gasteiger partial charge in [0.15, 0.2) is 0 Å². The van der Waals surface area contributed by atoms with Gasteiger partial charge < -0.3 is 5.32 Å². The van der Waals surface area contributed by atoms with Crippen molar-refractivity contribution in [2.24, 2.45) is 0 Å². The van der Waals surface area contributed by atoms with Crippen LogP contribution in [-0.2, 0) is 14.8 Å². The Morgan fingerprint density at radius 3 is 2.26 bits per heavy atom. The van der Waals surface area contributed by atoms with Crippen LogP contribution in [0.4, 0.5) is 5.69 Å². The molecule has 23 heavy (non-hydrogen) atoms. The molecule has 0 unspecified atom stereocenters. The van der Waals surface area contributed by atoms with E-state index in [-0.39, 0.29) is 23.9 Å². The molecule has 1 N–H and O–H groups in total. The zero-order valence-electron chi connectivity index (χ0n) is 12.6. The highest BCUT2D eigenvalue weighted by Gasteiger charge is 2.24. The second kappa shape index (κ2) is 7.89. The smallest absolute Gasteiger partial charge is 0.243 e. The second-order valence-corrected chi connectivity index (χ2v) is 7.98. The number of hydrogen-bond acceptors (Lipinski definition) is 3. The van der Waals surface area contributed by atoms with Crippen molar-refractivity contribution >= 4 is 44.2 Å². The van der Waals surface area contributed by atoms with Crippen LogP contribution in [0, 0.1) is 3.57 Å². The van der Waals surface area contributed by atoms with E-state index in [1.165, 1.54) is 12.1 Å². The summed E-state index contributed by atoms with van der Waals surface area (Å²) in [6.45, 7) is 1.70. The van der Waals surface area contributed by atoms with E-state index >= 15 is 0 Å². The number of carbonyl (C=O) groups is 1. The maximum atomic E-state index is 12.5. The molecule has 0 aliphatic heterocycles. The van der Waals surface area contributed by atoms with Crippen LogP contribution in [0.3, 0.4) is 0 Å². The Morgan fingerprint density at radius 2 is 1.70 bits per heavy atom. The summed E-state index contributed by atoms with van der Waals surface area (Å²) in [5, 5.41) is 2.71. The summed E-state index contributed by atoms with van der Waals surface area (Å²) in [7, 11) is -3.67. The minimum absolute atomic E-state index is 0.184. The van der Waals surface area contributed by atoms with Gasteiger partial charge in [-0.25, -0.2) is 8.42 Å². The fourth-order valence-electron chi connectivity index (χ4n) is 2.00. The summed E-state index contributed by atoms with van der Waals surface area (Å²) in [5.74, 6) is -0.368. The number of benzene rings is 2. The molecule has 0 heterocycles. The van der Waals surface area contributed by atoms with Gasteiger partial charge in [-0.2, -0.15) is 4.31 Å². The lowest BCUT2D eigenvalue weighted by Crippen LogP contribution is -2.37. The van der Waals surface area contributed by atoms with Gasteiger partial charge in [0.1, 0.15) is 0 Å². The molecule has 0 fully saturated rings. The Bertz CT molecular complexity index is 762. The van der Waals surface area contributed by atoms with Gasteiger partial charge >= 0.3 is 0 Å². The predicted molar refractivity (Wildman–Crippen MR) is 98.7 cm³/mol. The molecule has 0 bridgehead atoms. The van der Waals surface area contributed by atoms with Crippen molar-refractivity contribution in [2.45, 2.75) is 11.8 Å². The molecule has 2 rings (SSSR count). The van der Waals surface area contributed by atoms with Crippen LogP contribution < -0.4 is 5.32 Å². The van der Waals surface area contributed by atoms with Crippen LogP contribution in [0.5, 0.6) is 0 Å². The van der Waals surface area contributed by atoms with Crippen molar-refractivity contribution in [3.8, 4) is 0 Å². The van der Waals surface area contributed by atoms with E-state index in [1.54, 1.807) is 37.3 Å². The van der Waals surface area contributed by atoms with Crippen LogP contribution in [0.25, 0.3) is 0 Å². The van der Waals surface area contributed by atoms with Crippen LogP contribution in [-0.4, -0.2) is 31.7 Å². The number of carbonyl (C=O) groups excluding carboxylic acids is 1. The minimum atomic E-state index is -3.67. The van der Waals surface area contributed by atoms with Crippen molar-refractivity contribution in [2.75, 3.05) is 18.4 Å². The van der Waals surface area contributed by atoms with Crippen molar-refractivity contribution in [1.82, 2.24) is 4.31 Å². The number of halogens is 1. The monoisotopic (exact) mass is 444 g/mol. The van der Waals surface area contributed by atoms with Gasteiger partial charge in [0.05, 0.1) is 11.4 Å². The van der Waals surface area contributed by atoms with Crippen LogP contribution >= 0.6 is 22.6 Å². The first kappa shape index (κ1) is 17.9. The summed E-state index contributed by atoms with van der Waals surface area (Å²) in [6.07, 6.45) is 0. The highest BCUT2D eigenvalue weighted by atomic mass is 127. The summed E-state index contributed by atoms with van der Waals surface area (Å²) < 4.78 is 27.3. The lowest BCUT2D eigenvalue weighted by atomic mass is 10.3. The SMILES string of the molecule is CCN(CC(=O)Nc1ccc(I)cc1)S(=O)(=O)c1ccccc1. The molecule has 0 aliphatic carbocycles. The number of nitrogens with zero attached hydrogens (tertiary/aromatic N) is 1. The van der Waals surface area contributed by atoms with Crippen LogP contribution in [0.2, 0.25) is 0 Å². The molecule has 7 heteroatoms. The number of sulfonamides is 1. The Hall–Kier alpha value is -1.45. The molecule has 122 valence electrons. The Labute approximate surface area is 149 Å². The van der Waals surface area contributed by atoms with Gasteiger partial charge in [0, 0.05) is 15.8 Å². The predicted octanol–water partition coefficient (Wildman–Crippen LogP) is 2.94. The molecule has 0 spiro atoms. The highest BCUT2D eigenvalue weighted by molar-refractivity contribution is 14.1. The topological polar surface area (TPSA) is 66.5 Å². The number of amides is 1. The molecule has 2 aromatic carbocycles. The summed E-state index contributed by atoms with van der Waals surface area (Å²) in [5.41, 5.74) is 0.642. The number of likely N-dealkylation sites (N-methyl/N-ethyl adjacent to an activating group) is 1. The van der Waals surface area contributed by atoms with Crippen LogP contribution in [0.1, 0.15) is 6.92 Å². The molecular formula is C16H17IN2O3S. The average Bonchev–Trinajstić information content (AvgIpc) is 2.55. The molecule has 0 saturated heterocycles. The minimum Gasteiger partial charge on any atom is -0.325 e. The van der Waals surface area contributed by atoms with Gasteiger partial charge in [0.25, 0.3) is 0 Å². The first-order chi connectivity index (χ1) is 10.9. The zero-order valence-corrected chi connectivity index (χ0v) is 15.5. The lowest BCUT2D eigenvalue weighted by molar-refractivity contribution is -0.116.